The zero-order valence-corrected chi connectivity index (χ0v) is 12.8. The molecule has 1 aromatic rings. The molecule has 3 aliphatic rings. The summed E-state index contributed by atoms with van der Waals surface area (Å²) in [4.78, 5) is 14.8. The summed E-state index contributed by atoms with van der Waals surface area (Å²) in [6, 6.07) is 0. The summed E-state index contributed by atoms with van der Waals surface area (Å²) >= 11 is 0. The number of carbonyl (C=O) groups is 1. The Kier molecular flexibility index (Phi) is 3.71. The summed E-state index contributed by atoms with van der Waals surface area (Å²) in [5.74, 6) is 0.0616. The molecule has 1 saturated carbocycles. The molecule has 2 N–H and O–H groups in total. The summed E-state index contributed by atoms with van der Waals surface area (Å²) < 4.78 is 1.91. The molecule has 7 heteroatoms. The lowest BCUT2D eigenvalue weighted by Crippen LogP contribution is -2.43. The summed E-state index contributed by atoms with van der Waals surface area (Å²) in [5, 5.41) is 17.3. The van der Waals surface area contributed by atoms with Crippen molar-refractivity contribution < 1.29 is 9.90 Å². The van der Waals surface area contributed by atoms with Crippen LogP contribution in [-0.4, -0.2) is 50.9 Å². The van der Waals surface area contributed by atoms with Gasteiger partial charge in [-0.15, -0.1) is 12.4 Å². The molecule has 4 rings (SSSR count). The van der Waals surface area contributed by atoms with Crippen LogP contribution in [0.25, 0.3) is 0 Å². The number of aromatic nitrogens is 2. The zero-order valence-electron chi connectivity index (χ0n) is 12.0. The minimum atomic E-state index is -0.00447. The first kappa shape index (κ1) is 14.8. The number of hydrogen-bond donors (Lipinski definition) is 2. The SMILES string of the molecule is Cl.O=C1c2c3c(nn2CCC2(CC2)N1CCO)CCNC3. The lowest BCUT2D eigenvalue weighted by Gasteiger charge is -2.29. The normalized spacial score (nSPS) is 22.3. The Labute approximate surface area is 129 Å². The minimum Gasteiger partial charge on any atom is -0.395 e. The third kappa shape index (κ3) is 2.17. The van der Waals surface area contributed by atoms with Crippen LogP contribution in [0.5, 0.6) is 0 Å². The first-order chi connectivity index (χ1) is 9.75. The van der Waals surface area contributed by atoms with E-state index in [2.05, 4.69) is 10.4 Å². The van der Waals surface area contributed by atoms with E-state index in [1.807, 2.05) is 9.58 Å². The number of rotatable bonds is 2. The maximum absolute atomic E-state index is 12.9. The molecule has 0 saturated heterocycles. The predicted octanol–water partition coefficient (Wildman–Crippen LogP) is 0.321. The van der Waals surface area contributed by atoms with Gasteiger partial charge in [-0.3, -0.25) is 9.48 Å². The monoisotopic (exact) mass is 312 g/mol. The van der Waals surface area contributed by atoms with Gasteiger partial charge in [0.05, 0.1) is 12.3 Å². The minimum absolute atomic E-state index is 0. The molecule has 2 aliphatic heterocycles. The first-order valence-corrected chi connectivity index (χ1v) is 7.47. The highest BCUT2D eigenvalue weighted by Crippen LogP contribution is 2.47. The van der Waals surface area contributed by atoms with Crippen molar-refractivity contribution in [3.63, 3.8) is 0 Å². The van der Waals surface area contributed by atoms with Crippen LogP contribution in [0.1, 0.15) is 41.0 Å². The fourth-order valence-electron chi connectivity index (χ4n) is 3.65. The Bertz CT molecular complexity index is 568. The van der Waals surface area contributed by atoms with Crippen LogP contribution in [-0.2, 0) is 19.5 Å². The van der Waals surface area contributed by atoms with E-state index in [1.54, 1.807) is 0 Å². The van der Waals surface area contributed by atoms with Gasteiger partial charge in [0.1, 0.15) is 5.69 Å². The molecular weight excluding hydrogens is 292 g/mol. The van der Waals surface area contributed by atoms with Crippen molar-refractivity contribution in [3.05, 3.63) is 17.0 Å². The Morgan fingerprint density at radius 2 is 2.14 bits per heavy atom. The molecule has 1 aromatic heterocycles. The number of nitrogens with zero attached hydrogens (tertiary/aromatic N) is 3. The molecule has 116 valence electrons. The van der Waals surface area contributed by atoms with Crippen molar-refractivity contribution in [1.29, 1.82) is 0 Å². The number of nitrogens with one attached hydrogen (secondary N) is 1. The molecule has 1 aliphatic carbocycles. The third-order valence-electron chi connectivity index (χ3n) is 4.93. The Balaban J connectivity index is 0.00000132. The molecule has 1 fully saturated rings. The van der Waals surface area contributed by atoms with Gasteiger partial charge in [-0.25, -0.2) is 0 Å². The van der Waals surface area contributed by atoms with Crippen LogP contribution in [0, 0.1) is 0 Å². The van der Waals surface area contributed by atoms with Crippen molar-refractivity contribution in [2.45, 2.75) is 44.3 Å². The maximum atomic E-state index is 12.9. The van der Waals surface area contributed by atoms with Crippen molar-refractivity contribution in [2.75, 3.05) is 19.7 Å². The number of aryl methyl sites for hydroxylation is 1. The highest BCUT2D eigenvalue weighted by Gasteiger charge is 2.52. The largest absolute Gasteiger partial charge is 0.395 e. The van der Waals surface area contributed by atoms with Gasteiger partial charge in [-0.05, 0) is 19.3 Å². The van der Waals surface area contributed by atoms with Crippen LogP contribution in [0.4, 0.5) is 0 Å². The van der Waals surface area contributed by atoms with Gasteiger partial charge in [0.2, 0.25) is 0 Å². The van der Waals surface area contributed by atoms with Gasteiger partial charge in [-0.1, -0.05) is 0 Å². The molecule has 1 amide bonds. The Morgan fingerprint density at radius 3 is 2.86 bits per heavy atom. The smallest absolute Gasteiger partial charge is 0.273 e. The number of aliphatic hydroxyl groups is 1. The summed E-state index contributed by atoms with van der Waals surface area (Å²) in [5.41, 5.74) is 2.89. The van der Waals surface area contributed by atoms with Crippen LogP contribution in [0.2, 0.25) is 0 Å². The number of amides is 1. The standard InChI is InChI=1S/C14H20N4O2.ClH/c19-8-7-17-13(20)12-10-9-15-5-1-11(10)16-18(12)6-4-14(17)2-3-14;/h15,19H,1-9H2;1H. The zero-order chi connectivity index (χ0) is 13.7. The number of hydrogen-bond acceptors (Lipinski definition) is 4. The van der Waals surface area contributed by atoms with E-state index in [4.69, 9.17) is 0 Å². The Hall–Kier alpha value is -1.11. The van der Waals surface area contributed by atoms with Gasteiger partial charge >= 0.3 is 0 Å². The topological polar surface area (TPSA) is 70.4 Å². The van der Waals surface area contributed by atoms with E-state index in [0.29, 0.717) is 6.54 Å². The molecule has 1 spiro atoms. The molecule has 0 atom stereocenters. The second-order valence-electron chi connectivity index (χ2n) is 6.08. The first-order valence-electron chi connectivity index (χ1n) is 7.47. The van der Waals surface area contributed by atoms with E-state index in [9.17, 15) is 9.90 Å². The lowest BCUT2D eigenvalue weighted by atomic mass is 10.1. The van der Waals surface area contributed by atoms with E-state index in [-0.39, 0.29) is 30.5 Å². The number of carbonyl (C=O) groups excluding carboxylic acids is 1. The quantitative estimate of drug-likeness (QED) is 0.825. The van der Waals surface area contributed by atoms with E-state index >= 15 is 0 Å². The summed E-state index contributed by atoms with van der Waals surface area (Å²) in [7, 11) is 0. The maximum Gasteiger partial charge on any atom is 0.273 e. The van der Waals surface area contributed by atoms with Crippen LogP contribution < -0.4 is 5.32 Å². The van der Waals surface area contributed by atoms with Crippen LogP contribution in [0.15, 0.2) is 0 Å². The Morgan fingerprint density at radius 1 is 1.33 bits per heavy atom. The summed E-state index contributed by atoms with van der Waals surface area (Å²) in [6.07, 6.45) is 3.97. The average Bonchev–Trinajstić information content (AvgIpc) is 3.16. The summed E-state index contributed by atoms with van der Waals surface area (Å²) in [6.45, 7) is 2.95. The fourth-order valence-corrected chi connectivity index (χ4v) is 3.65. The third-order valence-corrected chi connectivity index (χ3v) is 4.93. The molecule has 0 unspecified atom stereocenters. The van der Waals surface area contributed by atoms with Crippen molar-refractivity contribution in [1.82, 2.24) is 20.0 Å². The van der Waals surface area contributed by atoms with Crippen molar-refractivity contribution >= 4 is 18.3 Å². The molecule has 6 nitrogen and oxygen atoms in total. The lowest BCUT2D eigenvalue weighted by molar-refractivity contribution is 0.0600. The molecule has 3 heterocycles. The second kappa shape index (κ2) is 5.26. The highest BCUT2D eigenvalue weighted by atomic mass is 35.5. The van der Waals surface area contributed by atoms with Gasteiger partial charge in [0, 0.05) is 43.7 Å². The molecule has 0 radical (unpaired) electrons. The van der Waals surface area contributed by atoms with Crippen LogP contribution in [0.3, 0.4) is 0 Å². The predicted molar refractivity (Wildman–Crippen MR) is 79.6 cm³/mol. The van der Waals surface area contributed by atoms with E-state index in [0.717, 1.165) is 62.3 Å². The number of halogens is 1. The molecule has 21 heavy (non-hydrogen) atoms. The molecular formula is C14H21ClN4O2. The second-order valence-corrected chi connectivity index (χ2v) is 6.08. The van der Waals surface area contributed by atoms with E-state index in [1.165, 1.54) is 0 Å². The van der Waals surface area contributed by atoms with Gasteiger partial charge in [-0.2, -0.15) is 5.10 Å². The highest BCUT2D eigenvalue weighted by molar-refractivity contribution is 5.95. The average molecular weight is 313 g/mol. The van der Waals surface area contributed by atoms with Crippen molar-refractivity contribution in [3.8, 4) is 0 Å². The van der Waals surface area contributed by atoms with Gasteiger partial charge in [0.15, 0.2) is 0 Å². The van der Waals surface area contributed by atoms with Gasteiger partial charge in [0.25, 0.3) is 5.91 Å². The molecule has 0 bridgehead atoms. The number of aliphatic hydroxyl groups excluding tert-OH is 1. The number of β-amino-alcohol motifs (C(OH)–C–C–N with tert-alkyl or cyclic N) is 1. The van der Waals surface area contributed by atoms with Gasteiger partial charge < -0.3 is 15.3 Å². The number of fused-ring (bicyclic) bond motifs is 3. The van der Waals surface area contributed by atoms with Crippen LogP contribution >= 0.6 is 12.4 Å². The molecule has 0 aromatic carbocycles. The van der Waals surface area contributed by atoms with E-state index < -0.39 is 0 Å². The van der Waals surface area contributed by atoms with Crippen molar-refractivity contribution in [2.24, 2.45) is 0 Å². The fraction of sp³-hybridized carbons (Fsp3) is 0.714.